The zero-order valence-corrected chi connectivity index (χ0v) is 8.04. The van der Waals surface area contributed by atoms with Crippen LogP contribution in [0.4, 0.5) is 0 Å². The SMILES string of the molecule is CCC1OPO[SiH]1CC. The van der Waals surface area contributed by atoms with Gasteiger partial charge in [0.1, 0.15) is 9.03 Å². The Labute approximate surface area is 59.6 Å². The van der Waals surface area contributed by atoms with E-state index in [-0.39, 0.29) is 0 Å². The number of rotatable bonds is 2. The highest BCUT2D eigenvalue weighted by Gasteiger charge is 2.28. The van der Waals surface area contributed by atoms with Crippen LogP contribution in [0.5, 0.6) is 0 Å². The number of hydrogen-bond acceptors (Lipinski definition) is 2. The maximum Gasteiger partial charge on any atom is 0.213 e. The molecular weight excluding hydrogens is 151 g/mol. The first-order chi connectivity index (χ1) is 4.38. The summed E-state index contributed by atoms with van der Waals surface area (Å²) in [6.45, 7) is 4.36. The molecule has 1 heterocycles. The van der Waals surface area contributed by atoms with E-state index in [4.69, 9.17) is 8.74 Å². The molecule has 1 saturated heterocycles. The van der Waals surface area contributed by atoms with Gasteiger partial charge in [0.05, 0.1) is 5.73 Å². The summed E-state index contributed by atoms with van der Waals surface area (Å²) in [6.07, 6.45) is 1.14. The Morgan fingerprint density at radius 2 is 2.33 bits per heavy atom. The Hall–Kier alpha value is 0.567. The number of hydrogen-bond donors (Lipinski definition) is 0. The van der Waals surface area contributed by atoms with Crippen molar-refractivity contribution in [3.8, 4) is 0 Å². The van der Waals surface area contributed by atoms with E-state index in [9.17, 15) is 0 Å². The van der Waals surface area contributed by atoms with E-state index >= 15 is 0 Å². The summed E-state index contributed by atoms with van der Waals surface area (Å²) in [4.78, 5) is 0. The van der Waals surface area contributed by atoms with Crippen molar-refractivity contribution in [3.05, 3.63) is 0 Å². The third-order valence-electron chi connectivity index (χ3n) is 1.62. The van der Waals surface area contributed by atoms with Crippen molar-refractivity contribution in [2.45, 2.75) is 32.0 Å². The summed E-state index contributed by atoms with van der Waals surface area (Å²) in [6, 6.07) is 1.21. The van der Waals surface area contributed by atoms with E-state index in [2.05, 4.69) is 13.8 Å². The van der Waals surface area contributed by atoms with Crippen molar-refractivity contribution < 1.29 is 8.74 Å². The fourth-order valence-corrected chi connectivity index (χ4v) is 5.10. The van der Waals surface area contributed by atoms with Gasteiger partial charge in [0.2, 0.25) is 9.04 Å². The Kier molecular flexibility index (Phi) is 3.13. The van der Waals surface area contributed by atoms with Gasteiger partial charge < -0.3 is 8.74 Å². The molecule has 1 aliphatic heterocycles. The van der Waals surface area contributed by atoms with Gasteiger partial charge in [-0.15, -0.1) is 0 Å². The fourth-order valence-electron chi connectivity index (χ4n) is 0.996. The van der Waals surface area contributed by atoms with Crippen molar-refractivity contribution in [2.75, 3.05) is 0 Å². The molecule has 9 heavy (non-hydrogen) atoms. The van der Waals surface area contributed by atoms with Crippen LogP contribution in [0, 0.1) is 0 Å². The second-order valence-corrected chi connectivity index (χ2v) is 6.19. The topological polar surface area (TPSA) is 18.5 Å². The van der Waals surface area contributed by atoms with Crippen LogP contribution in [-0.2, 0) is 8.74 Å². The predicted octanol–water partition coefficient (Wildman–Crippen LogP) is 1.60. The van der Waals surface area contributed by atoms with Gasteiger partial charge in [-0.2, -0.15) is 0 Å². The molecule has 1 aliphatic rings. The smallest absolute Gasteiger partial charge is 0.213 e. The Morgan fingerprint density at radius 3 is 2.78 bits per heavy atom. The molecule has 0 radical (unpaired) electrons. The average Bonchev–Trinajstić information content (AvgIpc) is 2.33. The Bertz CT molecular complexity index is 81.0. The first-order valence-electron chi connectivity index (χ1n) is 3.44. The third kappa shape index (κ3) is 1.74. The van der Waals surface area contributed by atoms with Crippen LogP contribution in [-0.4, -0.2) is 14.8 Å². The molecule has 0 aromatic heterocycles. The molecule has 0 spiro atoms. The van der Waals surface area contributed by atoms with E-state index in [0.717, 1.165) is 6.42 Å². The highest BCUT2D eigenvalue weighted by molar-refractivity contribution is 7.29. The monoisotopic (exact) mass is 164 g/mol. The van der Waals surface area contributed by atoms with Gasteiger partial charge in [0.15, 0.2) is 0 Å². The zero-order valence-electron chi connectivity index (χ0n) is 5.89. The molecule has 4 heteroatoms. The van der Waals surface area contributed by atoms with Crippen molar-refractivity contribution in [2.24, 2.45) is 0 Å². The normalized spacial score (nSPS) is 38.0. The summed E-state index contributed by atoms with van der Waals surface area (Å²) < 4.78 is 10.8. The van der Waals surface area contributed by atoms with Crippen LogP contribution >= 0.6 is 9.03 Å². The lowest BCUT2D eigenvalue weighted by atomic mass is 10.5. The summed E-state index contributed by atoms with van der Waals surface area (Å²) in [5, 5.41) is 0. The minimum absolute atomic E-state index is 0.345. The molecule has 2 nitrogen and oxygen atoms in total. The van der Waals surface area contributed by atoms with E-state index in [1.165, 1.54) is 6.04 Å². The molecule has 1 fully saturated rings. The highest BCUT2D eigenvalue weighted by Crippen LogP contribution is 2.31. The standard InChI is InChI=1S/C5H13O2PSi/c1-3-5-6-8-7-9(5)4-2/h5,8-9H,3-4H2,1-2H3. The maximum absolute atomic E-state index is 5.45. The van der Waals surface area contributed by atoms with Gasteiger partial charge in [-0.05, 0) is 12.5 Å². The Balaban J connectivity index is 2.32. The van der Waals surface area contributed by atoms with Crippen LogP contribution in [0.1, 0.15) is 20.3 Å². The molecule has 3 unspecified atom stereocenters. The Morgan fingerprint density at radius 1 is 1.56 bits per heavy atom. The summed E-state index contributed by atoms with van der Waals surface area (Å²) >= 11 is 0. The van der Waals surface area contributed by atoms with Crippen LogP contribution in [0.15, 0.2) is 0 Å². The van der Waals surface area contributed by atoms with E-state index in [0.29, 0.717) is 14.8 Å². The van der Waals surface area contributed by atoms with Crippen molar-refractivity contribution in [1.29, 1.82) is 0 Å². The molecule has 3 atom stereocenters. The maximum atomic E-state index is 5.45. The molecule has 0 amide bonds. The average molecular weight is 164 g/mol. The molecule has 0 aromatic carbocycles. The first kappa shape index (κ1) is 7.67. The first-order valence-corrected chi connectivity index (χ1v) is 6.21. The van der Waals surface area contributed by atoms with Gasteiger partial charge in [0, 0.05) is 0 Å². The van der Waals surface area contributed by atoms with E-state index < -0.39 is 9.04 Å². The highest BCUT2D eigenvalue weighted by atomic mass is 31.1. The zero-order chi connectivity index (χ0) is 6.69. The molecule has 54 valence electrons. The van der Waals surface area contributed by atoms with Crippen molar-refractivity contribution in [1.82, 2.24) is 0 Å². The summed E-state index contributed by atoms with van der Waals surface area (Å²) in [5.74, 6) is 0. The molecular formula is C5H13O2PSi. The van der Waals surface area contributed by atoms with Crippen LogP contribution in [0.25, 0.3) is 0 Å². The van der Waals surface area contributed by atoms with Crippen molar-refractivity contribution >= 4 is 18.1 Å². The summed E-state index contributed by atoms with van der Waals surface area (Å²) in [5.41, 5.74) is 0.508. The van der Waals surface area contributed by atoms with Gasteiger partial charge in [0.25, 0.3) is 0 Å². The third-order valence-corrected chi connectivity index (χ3v) is 6.13. The quantitative estimate of drug-likeness (QED) is 0.456. The van der Waals surface area contributed by atoms with E-state index in [1.807, 2.05) is 0 Å². The van der Waals surface area contributed by atoms with Crippen LogP contribution in [0.3, 0.4) is 0 Å². The fraction of sp³-hybridized carbons (Fsp3) is 1.00. The molecule has 0 aromatic rings. The van der Waals surface area contributed by atoms with Crippen molar-refractivity contribution in [3.63, 3.8) is 0 Å². The molecule has 0 aliphatic carbocycles. The van der Waals surface area contributed by atoms with Crippen LogP contribution in [0.2, 0.25) is 6.04 Å². The predicted molar refractivity (Wildman–Crippen MR) is 42.2 cm³/mol. The van der Waals surface area contributed by atoms with Gasteiger partial charge in [-0.25, -0.2) is 0 Å². The molecule has 1 rings (SSSR count). The molecule has 0 N–H and O–H groups in total. The van der Waals surface area contributed by atoms with Crippen LogP contribution < -0.4 is 0 Å². The lowest BCUT2D eigenvalue weighted by Gasteiger charge is -2.08. The molecule has 0 bridgehead atoms. The lowest BCUT2D eigenvalue weighted by molar-refractivity contribution is 0.319. The van der Waals surface area contributed by atoms with Gasteiger partial charge in [-0.1, -0.05) is 13.8 Å². The second-order valence-electron chi connectivity index (χ2n) is 2.21. The minimum Gasteiger partial charge on any atom is -0.378 e. The second kappa shape index (κ2) is 3.67. The lowest BCUT2D eigenvalue weighted by Crippen LogP contribution is -2.25. The summed E-state index contributed by atoms with van der Waals surface area (Å²) in [7, 11) is -0.540. The van der Waals surface area contributed by atoms with E-state index in [1.54, 1.807) is 0 Å². The largest absolute Gasteiger partial charge is 0.378 e. The minimum atomic E-state index is -0.885. The van der Waals surface area contributed by atoms with Gasteiger partial charge >= 0.3 is 0 Å². The molecule has 0 saturated carbocycles. The van der Waals surface area contributed by atoms with Gasteiger partial charge in [-0.3, -0.25) is 0 Å².